The molecule has 0 unspecified atom stereocenters. The molecule has 1 aromatic carbocycles. The van der Waals surface area contributed by atoms with Crippen LogP contribution >= 0.6 is 0 Å². The van der Waals surface area contributed by atoms with E-state index in [4.69, 9.17) is 9.26 Å². The highest BCUT2D eigenvalue weighted by molar-refractivity contribution is 5.67. The van der Waals surface area contributed by atoms with Gasteiger partial charge >= 0.3 is 0 Å². The molecule has 1 N–H and O–H groups in total. The van der Waals surface area contributed by atoms with Gasteiger partial charge < -0.3 is 14.6 Å². The largest absolute Gasteiger partial charge is 0.487 e. The molecule has 1 atom stereocenters. The number of nitriles is 1. The molecular formula is C21H20N8O2. The molecule has 0 amide bonds. The molecule has 0 aliphatic heterocycles. The van der Waals surface area contributed by atoms with Crippen molar-refractivity contribution in [3.8, 4) is 22.9 Å². The Labute approximate surface area is 178 Å². The minimum absolute atomic E-state index is 0.207. The van der Waals surface area contributed by atoms with Crippen molar-refractivity contribution in [2.75, 3.05) is 5.32 Å². The Kier molecular flexibility index (Phi) is 5.57. The Hall–Kier alpha value is -4.26. The number of nitrogens with zero attached hydrogens (tertiary/aromatic N) is 7. The maximum Gasteiger partial charge on any atom is 0.227 e. The molecule has 0 fully saturated rings. The zero-order chi connectivity index (χ0) is 21.8. The number of aryl methyl sites for hydroxylation is 2. The molecule has 4 rings (SSSR count). The minimum atomic E-state index is -0.207. The monoisotopic (exact) mass is 416 g/mol. The fourth-order valence-electron chi connectivity index (χ4n) is 3.05. The van der Waals surface area contributed by atoms with Gasteiger partial charge in [0.25, 0.3) is 0 Å². The van der Waals surface area contributed by atoms with Gasteiger partial charge in [0.2, 0.25) is 5.95 Å². The van der Waals surface area contributed by atoms with Crippen LogP contribution in [0.3, 0.4) is 0 Å². The highest BCUT2D eigenvalue weighted by atomic mass is 16.5. The van der Waals surface area contributed by atoms with Crippen molar-refractivity contribution >= 4 is 11.6 Å². The summed E-state index contributed by atoms with van der Waals surface area (Å²) >= 11 is 0. The van der Waals surface area contributed by atoms with E-state index in [1.807, 2.05) is 32.9 Å². The number of rotatable bonds is 7. The lowest BCUT2D eigenvalue weighted by atomic mass is 10.1. The molecule has 4 aromatic rings. The van der Waals surface area contributed by atoms with E-state index in [1.54, 1.807) is 29.5 Å². The van der Waals surface area contributed by atoms with Gasteiger partial charge in [-0.15, -0.1) is 0 Å². The summed E-state index contributed by atoms with van der Waals surface area (Å²) in [5, 5.41) is 20.6. The van der Waals surface area contributed by atoms with Crippen LogP contribution in [-0.2, 0) is 6.54 Å². The molecule has 0 saturated heterocycles. The van der Waals surface area contributed by atoms with Gasteiger partial charge in [0.15, 0.2) is 5.76 Å². The molecule has 10 nitrogen and oxygen atoms in total. The van der Waals surface area contributed by atoms with Gasteiger partial charge in [0.05, 0.1) is 12.1 Å². The number of nitrogens with one attached hydrogen (secondary N) is 1. The molecule has 0 aliphatic rings. The molecular weight excluding hydrogens is 396 g/mol. The average molecular weight is 416 g/mol. The third-order valence-electron chi connectivity index (χ3n) is 4.60. The maximum absolute atomic E-state index is 9.45. The molecule has 0 aliphatic carbocycles. The first-order chi connectivity index (χ1) is 15.0. The van der Waals surface area contributed by atoms with Crippen LogP contribution in [0.5, 0.6) is 5.75 Å². The zero-order valence-electron chi connectivity index (χ0n) is 17.3. The van der Waals surface area contributed by atoms with Gasteiger partial charge in [-0.2, -0.15) is 10.4 Å². The summed E-state index contributed by atoms with van der Waals surface area (Å²) < 4.78 is 12.8. The minimum Gasteiger partial charge on any atom is -0.487 e. The van der Waals surface area contributed by atoms with E-state index >= 15 is 0 Å². The van der Waals surface area contributed by atoms with Crippen molar-refractivity contribution < 1.29 is 9.26 Å². The van der Waals surface area contributed by atoms with Crippen LogP contribution in [0.25, 0.3) is 11.1 Å². The van der Waals surface area contributed by atoms with E-state index in [2.05, 4.69) is 36.6 Å². The van der Waals surface area contributed by atoms with Crippen LogP contribution in [0, 0.1) is 25.2 Å². The lowest BCUT2D eigenvalue weighted by molar-refractivity contribution is 0.193. The summed E-state index contributed by atoms with van der Waals surface area (Å²) in [5.41, 5.74) is 3.57. The Morgan fingerprint density at radius 3 is 2.68 bits per heavy atom. The quantitative estimate of drug-likeness (QED) is 0.482. The highest BCUT2D eigenvalue weighted by Crippen LogP contribution is 2.28. The Morgan fingerprint density at radius 1 is 1.23 bits per heavy atom. The number of hydrogen-bond donors (Lipinski definition) is 1. The van der Waals surface area contributed by atoms with Gasteiger partial charge in [-0.05, 0) is 38.5 Å². The van der Waals surface area contributed by atoms with Gasteiger partial charge in [0.1, 0.15) is 42.0 Å². The van der Waals surface area contributed by atoms with E-state index in [-0.39, 0.29) is 6.10 Å². The predicted molar refractivity (Wildman–Crippen MR) is 112 cm³/mol. The first-order valence-corrected chi connectivity index (χ1v) is 9.59. The van der Waals surface area contributed by atoms with Crippen LogP contribution in [0.1, 0.15) is 23.9 Å². The Bertz CT molecular complexity index is 1190. The van der Waals surface area contributed by atoms with E-state index in [0.717, 1.165) is 22.5 Å². The lowest BCUT2D eigenvalue weighted by Gasteiger charge is -2.16. The summed E-state index contributed by atoms with van der Waals surface area (Å²) in [7, 11) is 0. The summed E-state index contributed by atoms with van der Waals surface area (Å²) in [4.78, 5) is 12.7. The molecule has 31 heavy (non-hydrogen) atoms. The van der Waals surface area contributed by atoms with Crippen molar-refractivity contribution in [3.63, 3.8) is 0 Å². The summed E-state index contributed by atoms with van der Waals surface area (Å²) in [6.45, 7) is 6.09. The number of aromatic nitrogens is 6. The smallest absolute Gasteiger partial charge is 0.227 e. The van der Waals surface area contributed by atoms with E-state index in [0.29, 0.717) is 29.6 Å². The van der Waals surface area contributed by atoms with Gasteiger partial charge in [-0.1, -0.05) is 11.2 Å². The van der Waals surface area contributed by atoms with E-state index < -0.39 is 0 Å². The average Bonchev–Trinajstić information content (AvgIpc) is 3.39. The Morgan fingerprint density at radius 2 is 2.03 bits per heavy atom. The van der Waals surface area contributed by atoms with Crippen molar-refractivity contribution in [1.82, 2.24) is 29.9 Å². The van der Waals surface area contributed by atoms with Crippen molar-refractivity contribution in [2.45, 2.75) is 33.4 Å². The van der Waals surface area contributed by atoms with Gasteiger partial charge in [-0.3, -0.25) is 0 Å². The second-order valence-electron chi connectivity index (χ2n) is 6.99. The SMILES string of the molecule is Cc1noc(C)c1Nc1ncc(-c2ccc(C#N)c(O[C@@H](C)Cn3cncn3)c2)cn1. The first-order valence-electron chi connectivity index (χ1n) is 9.59. The molecule has 0 saturated carbocycles. The van der Waals surface area contributed by atoms with E-state index in [1.165, 1.54) is 6.33 Å². The summed E-state index contributed by atoms with van der Waals surface area (Å²) in [5.74, 6) is 1.59. The number of ether oxygens (including phenoxy) is 1. The third kappa shape index (κ3) is 4.51. The summed E-state index contributed by atoms with van der Waals surface area (Å²) in [6, 6.07) is 7.55. The number of benzene rings is 1. The molecule has 156 valence electrons. The van der Waals surface area contributed by atoms with Crippen molar-refractivity contribution in [2.24, 2.45) is 0 Å². The maximum atomic E-state index is 9.45. The van der Waals surface area contributed by atoms with E-state index in [9.17, 15) is 5.26 Å². The fraction of sp³-hybridized carbons (Fsp3) is 0.238. The van der Waals surface area contributed by atoms with Crippen LogP contribution in [-0.4, -0.2) is 36.0 Å². The Balaban J connectivity index is 1.52. The number of hydrogen-bond acceptors (Lipinski definition) is 9. The van der Waals surface area contributed by atoms with Crippen LogP contribution in [0.4, 0.5) is 11.6 Å². The predicted octanol–water partition coefficient (Wildman–Crippen LogP) is 3.42. The van der Waals surface area contributed by atoms with Crippen LogP contribution in [0.2, 0.25) is 0 Å². The van der Waals surface area contributed by atoms with Gasteiger partial charge in [-0.25, -0.2) is 19.6 Å². The van der Waals surface area contributed by atoms with Gasteiger partial charge in [0, 0.05) is 18.0 Å². The van der Waals surface area contributed by atoms with Crippen LogP contribution in [0.15, 0.2) is 47.8 Å². The van der Waals surface area contributed by atoms with Crippen LogP contribution < -0.4 is 10.1 Å². The topological polar surface area (TPSA) is 128 Å². The van der Waals surface area contributed by atoms with Crippen molar-refractivity contribution in [1.29, 1.82) is 5.26 Å². The highest BCUT2D eigenvalue weighted by Gasteiger charge is 2.13. The molecule has 0 radical (unpaired) electrons. The lowest BCUT2D eigenvalue weighted by Crippen LogP contribution is -2.20. The zero-order valence-corrected chi connectivity index (χ0v) is 17.3. The number of anilines is 2. The molecule has 0 bridgehead atoms. The second-order valence-corrected chi connectivity index (χ2v) is 6.99. The van der Waals surface area contributed by atoms with Crippen molar-refractivity contribution in [3.05, 3.63) is 60.3 Å². The molecule has 3 heterocycles. The fourth-order valence-corrected chi connectivity index (χ4v) is 3.05. The molecule has 0 spiro atoms. The summed E-state index contributed by atoms with van der Waals surface area (Å²) in [6.07, 6.45) is 6.30. The standard InChI is InChI=1S/C21H20N8O2/c1-13(10-29-12-23-11-26-29)30-19-6-16(4-5-17(19)7-22)18-8-24-21(25-9-18)27-20-14(2)28-31-15(20)3/h4-6,8-9,11-13H,10H2,1-3H3,(H,24,25,27)/t13-/m0/s1. The molecule has 10 heteroatoms. The molecule has 3 aromatic heterocycles. The normalized spacial score (nSPS) is 11.7. The first kappa shape index (κ1) is 20.0. The third-order valence-corrected chi connectivity index (χ3v) is 4.60. The second kappa shape index (κ2) is 8.62.